The highest BCUT2D eigenvalue weighted by atomic mass is 32.2. The molecule has 5 heteroatoms. The van der Waals surface area contributed by atoms with Gasteiger partial charge in [0.2, 0.25) is 0 Å². The molecule has 0 saturated heterocycles. The van der Waals surface area contributed by atoms with Gasteiger partial charge in [-0.1, -0.05) is 42.1 Å². The molecule has 0 amide bonds. The second-order valence-electron chi connectivity index (χ2n) is 7.28. The number of anilines is 1. The predicted molar refractivity (Wildman–Crippen MR) is 129 cm³/mol. The Balaban J connectivity index is 1.56. The summed E-state index contributed by atoms with van der Waals surface area (Å²) in [6.07, 6.45) is 4.10. The van der Waals surface area contributed by atoms with E-state index in [1.165, 1.54) is 21.2 Å². The summed E-state index contributed by atoms with van der Waals surface area (Å²) in [5, 5.41) is 2.33. The first kappa shape index (κ1) is 19.5. The minimum atomic E-state index is 0.801. The molecule has 0 saturated carbocycles. The second-order valence-corrected chi connectivity index (χ2v) is 8.34. The number of nitrogens with zero attached hydrogens (tertiary/aromatic N) is 2. The Morgan fingerprint density at radius 2 is 1.68 bits per heavy atom. The van der Waals surface area contributed by atoms with Crippen molar-refractivity contribution < 1.29 is 9.47 Å². The standard InChI is InChI=1S/C26H22N2O2S/c1-28-21-12-11-18(26-22(29-2)9-6-10-23(26)30-3)15-24(21)31-25(28)16-17-13-14-27-20-8-5-4-7-19(17)20/h4-16H,1-3H3. The number of thioether (sulfide) groups is 1. The fourth-order valence-electron chi connectivity index (χ4n) is 3.97. The smallest absolute Gasteiger partial charge is 0.130 e. The lowest BCUT2D eigenvalue weighted by molar-refractivity contribution is 0.397. The molecule has 0 bridgehead atoms. The molecule has 5 rings (SSSR count). The Kier molecular flexibility index (Phi) is 5.04. The Morgan fingerprint density at radius 1 is 0.903 bits per heavy atom. The van der Waals surface area contributed by atoms with E-state index in [0.717, 1.165) is 33.5 Å². The largest absolute Gasteiger partial charge is 0.496 e. The second kappa shape index (κ2) is 8.00. The van der Waals surface area contributed by atoms with Crippen LogP contribution in [0.5, 0.6) is 11.5 Å². The molecular weight excluding hydrogens is 404 g/mol. The molecule has 2 heterocycles. The summed E-state index contributed by atoms with van der Waals surface area (Å²) in [6, 6.07) is 22.7. The number of hydrogen-bond donors (Lipinski definition) is 0. The highest BCUT2D eigenvalue weighted by molar-refractivity contribution is 8.03. The van der Waals surface area contributed by atoms with E-state index in [9.17, 15) is 0 Å². The molecule has 1 aliphatic rings. The Bertz CT molecular complexity index is 1290. The number of methoxy groups -OCH3 is 2. The summed E-state index contributed by atoms with van der Waals surface area (Å²) >= 11 is 1.77. The fraction of sp³-hybridized carbons (Fsp3) is 0.115. The summed E-state index contributed by atoms with van der Waals surface area (Å²) in [6.45, 7) is 0. The quantitative estimate of drug-likeness (QED) is 0.374. The maximum atomic E-state index is 5.61. The molecule has 0 fully saturated rings. The third-order valence-electron chi connectivity index (χ3n) is 5.54. The van der Waals surface area contributed by atoms with E-state index in [1.807, 2.05) is 36.5 Å². The lowest BCUT2D eigenvalue weighted by Gasteiger charge is -2.16. The average molecular weight is 427 g/mol. The van der Waals surface area contributed by atoms with E-state index in [0.29, 0.717) is 0 Å². The molecule has 1 aromatic heterocycles. The first-order valence-electron chi connectivity index (χ1n) is 10.0. The third-order valence-corrected chi connectivity index (χ3v) is 6.69. The summed E-state index contributed by atoms with van der Waals surface area (Å²) in [4.78, 5) is 7.92. The molecule has 4 aromatic rings. The van der Waals surface area contributed by atoms with Crippen molar-refractivity contribution in [2.24, 2.45) is 0 Å². The maximum Gasteiger partial charge on any atom is 0.130 e. The van der Waals surface area contributed by atoms with Gasteiger partial charge in [0.25, 0.3) is 0 Å². The van der Waals surface area contributed by atoms with Gasteiger partial charge in [-0.05, 0) is 53.6 Å². The highest BCUT2D eigenvalue weighted by Gasteiger charge is 2.24. The molecule has 0 N–H and O–H groups in total. The van der Waals surface area contributed by atoms with Crippen LogP contribution in [0, 0.1) is 0 Å². The normalized spacial score (nSPS) is 14.2. The number of fused-ring (bicyclic) bond motifs is 2. The van der Waals surface area contributed by atoms with Crippen LogP contribution in [0.2, 0.25) is 0 Å². The third kappa shape index (κ3) is 3.41. The maximum absolute atomic E-state index is 5.61. The van der Waals surface area contributed by atoms with Gasteiger partial charge >= 0.3 is 0 Å². The van der Waals surface area contributed by atoms with Gasteiger partial charge in [0.05, 0.1) is 36.0 Å². The van der Waals surface area contributed by atoms with E-state index in [1.54, 1.807) is 26.0 Å². The van der Waals surface area contributed by atoms with Crippen molar-refractivity contribution in [3.8, 4) is 22.6 Å². The number of para-hydroxylation sites is 1. The van der Waals surface area contributed by atoms with Crippen molar-refractivity contribution >= 4 is 34.4 Å². The van der Waals surface area contributed by atoms with Crippen molar-refractivity contribution in [3.05, 3.63) is 83.5 Å². The predicted octanol–water partition coefficient (Wildman–Crippen LogP) is 6.46. The Labute approximate surface area is 186 Å². The van der Waals surface area contributed by atoms with Gasteiger partial charge in [0.1, 0.15) is 11.5 Å². The number of benzene rings is 3. The van der Waals surface area contributed by atoms with Crippen LogP contribution in [-0.4, -0.2) is 26.3 Å². The zero-order valence-corrected chi connectivity index (χ0v) is 18.4. The topological polar surface area (TPSA) is 34.6 Å². The average Bonchev–Trinajstić information content (AvgIpc) is 3.13. The minimum Gasteiger partial charge on any atom is -0.496 e. The fourth-order valence-corrected chi connectivity index (χ4v) is 5.11. The molecule has 1 aliphatic heterocycles. The van der Waals surface area contributed by atoms with Crippen LogP contribution in [0.25, 0.3) is 28.1 Å². The number of ether oxygens (including phenoxy) is 2. The number of pyridine rings is 1. The van der Waals surface area contributed by atoms with E-state index in [2.05, 4.69) is 59.4 Å². The van der Waals surface area contributed by atoms with Gasteiger partial charge in [0, 0.05) is 23.5 Å². The first-order chi connectivity index (χ1) is 15.2. The van der Waals surface area contributed by atoms with E-state index < -0.39 is 0 Å². The van der Waals surface area contributed by atoms with Crippen LogP contribution in [-0.2, 0) is 0 Å². The van der Waals surface area contributed by atoms with Gasteiger partial charge in [-0.25, -0.2) is 0 Å². The molecule has 4 nitrogen and oxygen atoms in total. The summed E-state index contributed by atoms with van der Waals surface area (Å²) in [7, 11) is 5.49. The van der Waals surface area contributed by atoms with E-state index in [4.69, 9.17) is 9.47 Å². The van der Waals surface area contributed by atoms with Gasteiger partial charge in [0.15, 0.2) is 0 Å². The van der Waals surface area contributed by atoms with Crippen LogP contribution in [0.4, 0.5) is 5.69 Å². The SMILES string of the molecule is COc1cccc(OC)c1-c1ccc2c(c1)SC(=Cc1ccnc3ccccc13)N2C. The van der Waals surface area contributed by atoms with Crippen LogP contribution in [0.15, 0.2) is 82.9 Å². The number of aromatic nitrogens is 1. The van der Waals surface area contributed by atoms with Crippen LogP contribution >= 0.6 is 11.8 Å². The Morgan fingerprint density at radius 3 is 2.45 bits per heavy atom. The van der Waals surface area contributed by atoms with Crippen LogP contribution in [0.3, 0.4) is 0 Å². The first-order valence-corrected chi connectivity index (χ1v) is 10.8. The highest BCUT2D eigenvalue weighted by Crippen LogP contribution is 2.49. The molecule has 3 aromatic carbocycles. The Hall–Kier alpha value is -3.44. The van der Waals surface area contributed by atoms with E-state index in [-0.39, 0.29) is 0 Å². The van der Waals surface area contributed by atoms with Crippen LogP contribution < -0.4 is 14.4 Å². The molecule has 0 unspecified atom stereocenters. The van der Waals surface area contributed by atoms with Crippen molar-refractivity contribution in [3.63, 3.8) is 0 Å². The van der Waals surface area contributed by atoms with Crippen LogP contribution in [0.1, 0.15) is 5.56 Å². The number of hydrogen-bond acceptors (Lipinski definition) is 5. The zero-order valence-electron chi connectivity index (χ0n) is 17.6. The van der Waals surface area contributed by atoms with Gasteiger partial charge in [-0.3, -0.25) is 4.98 Å². The molecule has 0 spiro atoms. The minimum absolute atomic E-state index is 0.801. The van der Waals surface area contributed by atoms with Gasteiger partial charge in [-0.2, -0.15) is 0 Å². The molecule has 0 atom stereocenters. The molecule has 0 aliphatic carbocycles. The van der Waals surface area contributed by atoms with Crippen molar-refractivity contribution in [2.75, 3.05) is 26.2 Å². The zero-order chi connectivity index (χ0) is 21.4. The number of rotatable bonds is 4. The summed E-state index contributed by atoms with van der Waals surface area (Å²) in [5.41, 5.74) is 5.40. The monoisotopic (exact) mass is 426 g/mol. The lowest BCUT2D eigenvalue weighted by Crippen LogP contribution is -2.09. The summed E-state index contributed by atoms with van der Waals surface area (Å²) < 4.78 is 11.2. The lowest BCUT2D eigenvalue weighted by atomic mass is 10.0. The molecule has 31 heavy (non-hydrogen) atoms. The van der Waals surface area contributed by atoms with Crippen molar-refractivity contribution in [1.82, 2.24) is 4.98 Å². The van der Waals surface area contributed by atoms with Crippen molar-refractivity contribution in [2.45, 2.75) is 4.90 Å². The van der Waals surface area contributed by atoms with E-state index >= 15 is 0 Å². The summed E-state index contributed by atoms with van der Waals surface area (Å²) in [5.74, 6) is 1.60. The molecular formula is C26H22N2O2S. The van der Waals surface area contributed by atoms with Gasteiger partial charge < -0.3 is 14.4 Å². The molecule has 0 radical (unpaired) electrons. The van der Waals surface area contributed by atoms with Crippen molar-refractivity contribution in [1.29, 1.82) is 0 Å². The van der Waals surface area contributed by atoms with Gasteiger partial charge in [-0.15, -0.1) is 0 Å². The molecule has 154 valence electrons.